The Morgan fingerprint density at radius 2 is 1.69 bits per heavy atom. The molecule has 0 fully saturated rings. The van der Waals surface area contributed by atoms with Gasteiger partial charge in [-0.15, -0.1) is 0 Å². The minimum Gasteiger partial charge on any atom is -0.354 e. The van der Waals surface area contributed by atoms with E-state index in [1.165, 1.54) is 19.0 Å². The fourth-order valence-corrected chi connectivity index (χ4v) is 4.83. The molecule has 0 unspecified atom stereocenters. The maximum Gasteiger partial charge on any atom is 0.304 e. The molecule has 0 aliphatic rings. The summed E-state index contributed by atoms with van der Waals surface area (Å²) in [6.07, 6.45) is 1.75. The fraction of sp³-hybridized carbons (Fsp3) is 0.462. The predicted molar refractivity (Wildman–Crippen MR) is 145 cm³/mol. The molecule has 0 aliphatic heterocycles. The quantitative estimate of drug-likeness (QED) is 0.416. The van der Waals surface area contributed by atoms with Crippen molar-refractivity contribution < 1.29 is 18.0 Å². The maximum absolute atomic E-state index is 13.7. The Balaban J connectivity index is 2.46. The van der Waals surface area contributed by atoms with Crippen LogP contribution in [-0.2, 0) is 26.3 Å². The summed E-state index contributed by atoms with van der Waals surface area (Å²) in [6.45, 7) is 7.52. The molecule has 0 bridgehead atoms. The first-order chi connectivity index (χ1) is 16.9. The highest BCUT2D eigenvalue weighted by Crippen LogP contribution is 2.26. The van der Waals surface area contributed by atoms with Gasteiger partial charge in [-0.05, 0) is 62.1 Å². The summed E-state index contributed by atoms with van der Waals surface area (Å²) in [5, 5.41) is 3.43. The first-order valence-electron chi connectivity index (χ1n) is 12.0. The standard InChI is InChI=1S/C26H37ClN4O4S/c1-7-8-15-28-26(33)21(4)30(17-22-11-13-23(27)14-12-22)25(32)18-31(36(34,35)29(5)6)24-16-19(2)9-10-20(24)3/h9-14,16,21H,7-8,15,17-18H2,1-6H3,(H,28,33)/t21-/m1/s1. The molecule has 2 rings (SSSR count). The van der Waals surface area contributed by atoms with Gasteiger partial charge in [0.2, 0.25) is 11.8 Å². The second-order valence-electron chi connectivity index (χ2n) is 9.06. The third-order valence-corrected chi connectivity index (χ3v) is 7.97. The van der Waals surface area contributed by atoms with Gasteiger partial charge in [-0.1, -0.05) is 49.2 Å². The number of amides is 2. The van der Waals surface area contributed by atoms with Gasteiger partial charge in [-0.2, -0.15) is 12.7 Å². The second kappa shape index (κ2) is 13.1. The average molecular weight is 537 g/mol. The summed E-state index contributed by atoms with van der Waals surface area (Å²) in [5.41, 5.74) is 2.77. The number of anilines is 1. The number of hydrogen-bond donors (Lipinski definition) is 1. The minimum absolute atomic E-state index is 0.126. The third kappa shape index (κ3) is 7.69. The summed E-state index contributed by atoms with van der Waals surface area (Å²) in [7, 11) is -1.15. The van der Waals surface area contributed by atoms with Crippen LogP contribution in [0.3, 0.4) is 0 Å². The maximum atomic E-state index is 13.7. The molecular formula is C26H37ClN4O4S. The molecule has 2 amide bonds. The Kier molecular flexibility index (Phi) is 10.8. The van der Waals surface area contributed by atoms with Gasteiger partial charge in [-0.25, -0.2) is 4.31 Å². The molecule has 2 aromatic rings. The van der Waals surface area contributed by atoms with Gasteiger partial charge in [0, 0.05) is 32.2 Å². The van der Waals surface area contributed by atoms with E-state index in [0.29, 0.717) is 22.8 Å². The van der Waals surface area contributed by atoms with Gasteiger partial charge in [0.15, 0.2) is 0 Å². The number of unbranched alkanes of at least 4 members (excludes halogenated alkanes) is 1. The van der Waals surface area contributed by atoms with Crippen LogP contribution in [0.4, 0.5) is 5.69 Å². The number of hydrogen-bond acceptors (Lipinski definition) is 4. The summed E-state index contributed by atoms with van der Waals surface area (Å²) in [4.78, 5) is 28.0. The summed E-state index contributed by atoms with van der Waals surface area (Å²) in [5.74, 6) is -0.783. The molecule has 0 aromatic heterocycles. The Bertz CT molecular complexity index is 1150. The van der Waals surface area contributed by atoms with E-state index in [4.69, 9.17) is 11.6 Å². The lowest BCUT2D eigenvalue weighted by atomic mass is 10.1. The smallest absolute Gasteiger partial charge is 0.304 e. The van der Waals surface area contributed by atoms with E-state index in [0.717, 1.165) is 32.6 Å². The summed E-state index contributed by atoms with van der Waals surface area (Å²) < 4.78 is 28.8. The van der Waals surface area contributed by atoms with Crippen molar-refractivity contribution in [1.29, 1.82) is 0 Å². The number of carbonyl (C=O) groups excluding carboxylic acids is 2. The van der Waals surface area contributed by atoms with Crippen LogP contribution >= 0.6 is 11.6 Å². The molecule has 36 heavy (non-hydrogen) atoms. The molecule has 0 spiro atoms. The van der Waals surface area contributed by atoms with Gasteiger partial charge in [-0.3, -0.25) is 9.59 Å². The minimum atomic E-state index is -4.00. The van der Waals surface area contributed by atoms with Gasteiger partial charge >= 0.3 is 10.2 Å². The Hall–Kier alpha value is -2.62. The van der Waals surface area contributed by atoms with E-state index in [2.05, 4.69) is 5.32 Å². The van der Waals surface area contributed by atoms with E-state index in [-0.39, 0.29) is 12.5 Å². The zero-order valence-electron chi connectivity index (χ0n) is 21.9. The number of nitrogens with one attached hydrogen (secondary N) is 1. The highest BCUT2D eigenvalue weighted by molar-refractivity contribution is 7.90. The lowest BCUT2D eigenvalue weighted by molar-refractivity contribution is -0.139. The zero-order chi connectivity index (χ0) is 27.0. The lowest BCUT2D eigenvalue weighted by Gasteiger charge is -2.33. The van der Waals surface area contributed by atoms with Crippen molar-refractivity contribution in [3.63, 3.8) is 0 Å². The first kappa shape index (κ1) is 29.6. The van der Waals surface area contributed by atoms with E-state index in [1.54, 1.807) is 44.2 Å². The van der Waals surface area contributed by atoms with E-state index >= 15 is 0 Å². The molecule has 10 heteroatoms. The molecule has 0 heterocycles. The van der Waals surface area contributed by atoms with Crippen LogP contribution in [-0.4, -0.2) is 62.7 Å². The molecule has 1 N–H and O–H groups in total. The summed E-state index contributed by atoms with van der Waals surface area (Å²) >= 11 is 6.02. The number of benzene rings is 2. The van der Waals surface area contributed by atoms with E-state index in [1.807, 2.05) is 26.0 Å². The van der Waals surface area contributed by atoms with Crippen LogP contribution in [0.5, 0.6) is 0 Å². The Labute approximate surface area is 220 Å². The highest BCUT2D eigenvalue weighted by Gasteiger charge is 2.33. The van der Waals surface area contributed by atoms with Crippen molar-refractivity contribution in [1.82, 2.24) is 14.5 Å². The van der Waals surface area contributed by atoms with E-state index < -0.39 is 28.7 Å². The van der Waals surface area contributed by atoms with Crippen LogP contribution in [0.1, 0.15) is 43.4 Å². The van der Waals surface area contributed by atoms with Crippen molar-refractivity contribution in [3.05, 3.63) is 64.2 Å². The molecule has 2 aromatic carbocycles. The van der Waals surface area contributed by atoms with Crippen molar-refractivity contribution in [3.8, 4) is 0 Å². The van der Waals surface area contributed by atoms with Crippen LogP contribution in [0.15, 0.2) is 42.5 Å². The molecule has 1 atom stereocenters. The number of carbonyl (C=O) groups is 2. The molecule has 8 nitrogen and oxygen atoms in total. The van der Waals surface area contributed by atoms with Gasteiger partial charge < -0.3 is 10.2 Å². The lowest BCUT2D eigenvalue weighted by Crippen LogP contribution is -2.52. The first-order valence-corrected chi connectivity index (χ1v) is 13.7. The van der Waals surface area contributed by atoms with Crippen molar-refractivity contribution in [2.75, 3.05) is 31.5 Å². The molecule has 198 valence electrons. The third-order valence-electron chi connectivity index (χ3n) is 5.92. The molecule has 0 aliphatic carbocycles. The van der Waals surface area contributed by atoms with Crippen molar-refractivity contribution in [2.24, 2.45) is 0 Å². The molecule has 0 saturated heterocycles. The monoisotopic (exact) mass is 536 g/mol. The number of aryl methyl sites for hydroxylation is 2. The fourth-order valence-electron chi connectivity index (χ4n) is 3.60. The van der Waals surface area contributed by atoms with Crippen molar-refractivity contribution in [2.45, 2.75) is 53.1 Å². The number of nitrogens with zero attached hydrogens (tertiary/aromatic N) is 3. The Morgan fingerprint density at radius 1 is 1.06 bits per heavy atom. The van der Waals surface area contributed by atoms with Crippen LogP contribution in [0.25, 0.3) is 0 Å². The molecule has 0 saturated carbocycles. The van der Waals surface area contributed by atoms with Crippen LogP contribution < -0.4 is 9.62 Å². The molecular weight excluding hydrogens is 500 g/mol. The largest absolute Gasteiger partial charge is 0.354 e. The van der Waals surface area contributed by atoms with Crippen LogP contribution in [0.2, 0.25) is 5.02 Å². The SMILES string of the molecule is CCCCNC(=O)[C@@H](C)N(Cc1ccc(Cl)cc1)C(=O)CN(c1cc(C)ccc1C)S(=O)(=O)N(C)C. The Morgan fingerprint density at radius 3 is 2.28 bits per heavy atom. The predicted octanol–water partition coefficient (Wildman–Crippen LogP) is 3.90. The second-order valence-corrected chi connectivity index (χ2v) is 11.6. The summed E-state index contributed by atoms with van der Waals surface area (Å²) in [6, 6.07) is 11.6. The normalized spacial score (nSPS) is 12.3. The van der Waals surface area contributed by atoms with Gasteiger partial charge in [0.1, 0.15) is 12.6 Å². The van der Waals surface area contributed by atoms with E-state index in [9.17, 15) is 18.0 Å². The van der Waals surface area contributed by atoms with Crippen molar-refractivity contribution >= 4 is 39.3 Å². The topological polar surface area (TPSA) is 90.0 Å². The average Bonchev–Trinajstić information content (AvgIpc) is 2.83. The number of rotatable bonds is 12. The van der Waals surface area contributed by atoms with Crippen LogP contribution in [0, 0.1) is 13.8 Å². The zero-order valence-corrected chi connectivity index (χ0v) is 23.5. The number of halogens is 1. The highest BCUT2D eigenvalue weighted by atomic mass is 35.5. The van der Waals surface area contributed by atoms with Gasteiger partial charge in [0.25, 0.3) is 0 Å². The molecule has 0 radical (unpaired) electrons. The van der Waals surface area contributed by atoms with Gasteiger partial charge in [0.05, 0.1) is 5.69 Å².